The summed E-state index contributed by atoms with van der Waals surface area (Å²) >= 11 is 0. The van der Waals surface area contributed by atoms with Crippen LogP contribution in [-0.2, 0) is 0 Å². The fraction of sp³-hybridized carbons (Fsp3) is 0. The molecule has 0 aliphatic carbocycles. The molecule has 258 valence electrons. The Labute approximate surface area is 318 Å². The van der Waals surface area contributed by atoms with Crippen LogP contribution in [0.1, 0.15) is 0 Å². The van der Waals surface area contributed by atoms with Crippen LogP contribution in [-0.4, -0.2) is 4.57 Å². The van der Waals surface area contributed by atoms with Crippen LogP contribution in [0.3, 0.4) is 0 Å². The molecule has 0 aliphatic heterocycles. The average molecular weight is 703 g/mol. The number of anilines is 3. The molecular weight excluding hydrogens is 669 g/mol. The fourth-order valence-electron chi connectivity index (χ4n) is 8.61. The molecule has 0 radical (unpaired) electrons. The lowest BCUT2D eigenvalue weighted by Gasteiger charge is -2.26. The second-order valence-corrected chi connectivity index (χ2v) is 14.1. The van der Waals surface area contributed by atoms with Gasteiger partial charge >= 0.3 is 0 Å². The Morgan fingerprint density at radius 3 is 1.75 bits per heavy atom. The van der Waals surface area contributed by atoms with Crippen LogP contribution in [0.15, 0.2) is 211 Å². The number of rotatable bonds is 6. The zero-order valence-electron chi connectivity index (χ0n) is 29.9. The predicted octanol–water partition coefficient (Wildman–Crippen LogP) is 14.6. The first-order valence-corrected chi connectivity index (χ1v) is 18.8. The average Bonchev–Trinajstić information content (AvgIpc) is 3.81. The van der Waals surface area contributed by atoms with Gasteiger partial charge in [-0.2, -0.15) is 0 Å². The molecule has 0 N–H and O–H groups in total. The second-order valence-electron chi connectivity index (χ2n) is 14.1. The molecule has 0 spiro atoms. The van der Waals surface area contributed by atoms with Gasteiger partial charge in [0.1, 0.15) is 11.2 Å². The van der Waals surface area contributed by atoms with Crippen LogP contribution in [0.2, 0.25) is 0 Å². The third-order valence-electron chi connectivity index (χ3n) is 11.0. The van der Waals surface area contributed by atoms with E-state index >= 15 is 0 Å². The fourth-order valence-corrected chi connectivity index (χ4v) is 8.61. The van der Waals surface area contributed by atoms with Crippen molar-refractivity contribution in [1.82, 2.24) is 4.57 Å². The Bertz CT molecular complexity index is 3180. The van der Waals surface area contributed by atoms with Gasteiger partial charge in [-0.15, -0.1) is 0 Å². The first-order chi connectivity index (χ1) is 27.3. The lowest BCUT2D eigenvalue weighted by molar-refractivity contribution is 0.669. The molecule has 0 atom stereocenters. The summed E-state index contributed by atoms with van der Waals surface area (Å²) in [5.74, 6) is 0. The summed E-state index contributed by atoms with van der Waals surface area (Å²) in [6, 6.07) is 73.6. The number of furan rings is 1. The maximum absolute atomic E-state index is 6.90. The van der Waals surface area contributed by atoms with Crippen LogP contribution in [0, 0.1) is 0 Å². The quantitative estimate of drug-likeness (QED) is 0.172. The lowest BCUT2D eigenvalue weighted by Crippen LogP contribution is -2.10. The maximum Gasteiger partial charge on any atom is 0.137 e. The summed E-state index contributed by atoms with van der Waals surface area (Å²) in [5.41, 5.74) is 13.2. The number of hydrogen-bond donors (Lipinski definition) is 0. The van der Waals surface area contributed by atoms with E-state index in [1.807, 2.05) is 0 Å². The highest BCUT2D eigenvalue weighted by Gasteiger charge is 2.23. The minimum atomic E-state index is 0.857. The van der Waals surface area contributed by atoms with Crippen molar-refractivity contribution in [3.05, 3.63) is 206 Å². The maximum atomic E-state index is 6.90. The van der Waals surface area contributed by atoms with Gasteiger partial charge in [-0.1, -0.05) is 140 Å². The third-order valence-corrected chi connectivity index (χ3v) is 11.0. The van der Waals surface area contributed by atoms with E-state index in [1.54, 1.807) is 0 Å². The minimum Gasteiger partial charge on any atom is -0.456 e. The van der Waals surface area contributed by atoms with Gasteiger partial charge in [0.05, 0.1) is 22.1 Å². The van der Waals surface area contributed by atoms with Gasteiger partial charge in [-0.3, -0.25) is 0 Å². The Kier molecular flexibility index (Phi) is 7.17. The Morgan fingerprint density at radius 1 is 0.364 bits per heavy atom. The first kappa shape index (κ1) is 31.2. The summed E-state index contributed by atoms with van der Waals surface area (Å²) in [5, 5.41) is 7.02. The monoisotopic (exact) mass is 702 g/mol. The largest absolute Gasteiger partial charge is 0.456 e. The summed E-state index contributed by atoms with van der Waals surface area (Å²) in [6.07, 6.45) is 0. The lowest BCUT2D eigenvalue weighted by atomic mass is 9.92. The highest BCUT2D eigenvalue weighted by Crippen LogP contribution is 2.48. The summed E-state index contributed by atoms with van der Waals surface area (Å²) in [7, 11) is 0. The zero-order chi connectivity index (χ0) is 36.3. The van der Waals surface area contributed by atoms with Crippen LogP contribution >= 0.6 is 0 Å². The van der Waals surface area contributed by atoms with E-state index in [9.17, 15) is 0 Å². The SMILES string of the molecule is c1ccc(-c2ccc(N(c3ccccc3)c3cccc4oc5cc(-c6cccc7c6c6ccccc6n7-c6ccccc6)c6ccccc6c5c34)cc2)cc1. The van der Waals surface area contributed by atoms with Crippen LogP contribution in [0.5, 0.6) is 0 Å². The van der Waals surface area contributed by atoms with Crippen molar-refractivity contribution in [2.45, 2.75) is 0 Å². The third kappa shape index (κ3) is 4.98. The van der Waals surface area contributed by atoms with E-state index in [0.717, 1.165) is 55.6 Å². The van der Waals surface area contributed by atoms with Crippen molar-refractivity contribution in [1.29, 1.82) is 0 Å². The highest BCUT2D eigenvalue weighted by atomic mass is 16.3. The topological polar surface area (TPSA) is 21.3 Å². The number of hydrogen-bond acceptors (Lipinski definition) is 2. The molecule has 3 heteroatoms. The molecule has 9 aromatic carbocycles. The Balaban J connectivity index is 1.16. The normalized spacial score (nSPS) is 11.6. The van der Waals surface area contributed by atoms with Crippen molar-refractivity contribution >= 4 is 71.6 Å². The molecule has 2 heterocycles. The van der Waals surface area contributed by atoms with E-state index in [2.05, 4.69) is 216 Å². The smallest absolute Gasteiger partial charge is 0.137 e. The van der Waals surface area contributed by atoms with E-state index < -0.39 is 0 Å². The van der Waals surface area contributed by atoms with Crippen molar-refractivity contribution < 1.29 is 4.42 Å². The summed E-state index contributed by atoms with van der Waals surface area (Å²) in [6.45, 7) is 0. The molecule has 0 unspecified atom stereocenters. The molecule has 0 amide bonds. The van der Waals surface area contributed by atoms with Crippen molar-refractivity contribution in [2.24, 2.45) is 0 Å². The molecule has 3 nitrogen and oxygen atoms in total. The van der Waals surface area contributed by atoms with E-state index in [1.165, 1.54) is 43.9 Å². The van der Waals surface area contributed by atoms with Crippen LogP contribution < -0.4 is 4.90 Å². The van der Waals surface area contributed by atoms with Gasteiger partial charge in [0.2, 0.25) is 0 Å². The van der Waals surface area contributed by atoms with Crippen molar-refractivity contribution in [3.63, 3.8) is 0 Å². The second kappa shape index (κ2) is 12.6. The van der Waals surface area contributed by atoms with Crippen LogP contribution in [0.25, 0.3) is 82.5 Å². The molecule has 0 aliphatic rings. The Morgan fingerprint density at radius 2 is 0.964 bits per heavy atom. The Hall–Kier alpha value is -7.36. The summed E-state index contributed by atoms with van der Waals surface area (Å²) < 4.78 is 9.29. The standard InChI is InChI=1S/C52H34N2O/c1-4-16-35(17-5-1)36-30-32-39(33-31-36)53(37-18-6-2-7-19-37)47-28-15-29-48-52(47)51-41-23-11-10-22-40(41)44(34-49(51)55-48)42-25-14-27-46-50(42)43-24-12-13-26-45(43)54(46)38-20-8-3-9-21-38/h1-34H. The first-order valence-electron chi connectivity index (χ1n) is 18.8. The molecule has 11 rings (SSSR count). The van der Waals surface area contributed by atoms with Gasteiger partial charge in [0, 0.05) is 33.2 Å². The summed E-state index contributed by atoms with van der Waals surface area (Å²) in [4.78, 5) is 2.36. The number of aromatic nitrogens is 1. The van der Waals surface area contributed by atoms with Crippen LogP contribution in [0.4, 0.5) is 17.1 Å². The van der Waals surface area contributed by atoms with E-state index in [4.69, 9.17) is 4.42 Å². The molecule has 2 aromatic heterocycles. The minimum absolute atomic E-state index is 0.857. The number of para-hydroxylation sites is 3. The van der Waals surface area contributed by atoms with Gasteiger partial charge < -0.3 is 13.9 Å². The highest BCUT2D eigenvalue weighted by molar-refractivity contribution is 6.27. The zero-order valence-corrected chi connectivity index (χ0v) is 29.9. The molecule has 0 fully saturated rings. The van der Waals surface area contributed by atoms with Crippen molar-refractivity contribution in [3.8, 4) is 27.9 Å². The van der Waals surface area contributed by atoms with Gasteiger partial charge in [0.25, 0.3) is 0 Å². The molecule has 0 saturated carbocycles. The molecule has 0 saturated heterocycles. The van der Waals surface area contributed by atoms with Gasteiger partial charge in [-0.05, 0) is 99.8 Å². The van der Waals surface area contributed by atoms with Gasteiger partial charge in [0.15, 0.2) is 0 Å². The van der Waals surface area contributed by atoms with Gasteiger partial charge in [-0.25, -0.2) is 0 Å². The number of nitrogens with zero attached hydrogens (tertiary/aromatic N) is 2. The predicted molar refractivity (Wildman–Crippen MR) is 231 cm³/mol. The molecular formula is C52H34N2O. The molecule has 55 heavy (non-hydrogen) atoms. The molecule has 0 bridgehead atoms. The number of benzene rings is 9. The van der Waals surface area contributed by atoms with E-state index in [0.29, 0.717) is 0 Å². The van der Waals surface area contributed by atoms with Crippen molar-refractivity contribution in [2.75, 3.05) is 4.90 Å². The van der Waals surface area contributed by atoms with E-state index in [-0.39, 0.29) is 0 Å². The molecule has 11 aromatic rings. The number of fused-ring (bicyclic) bond motifs is 8.